The summed E-state index contributed by atoms with van der Waals surface area (Å²) in [6, 6.07) is -0.00162. The van der Waals surface area contributed by atoms with Crippen LogP contribution < -0.4 is 5.32 Å². The number of thiazole rings is 1. The van der Waals surface area contributed by atoms with E-state index in [9.17, 15) is 4.79 Å². The van der Waals surface area contributed by atoms with Gasteiger partial charge in [-0.05, 0) is 45.4 Å². The summed E-state index contributed by atoms with van der Waals surface area (Å²) in [6.45, 7) is 4.26. The maximum atomic E-state index is 12.3. The van der Waals surface area contributed by atoms with Crippen molar-refractivity contribution in [1.82, 2.24) is 15.2 Å². The molecule has 128 valence electrons. The fourth-order valence-corrected chi connectivity index (χ4v) is 4.59. The zero-order chi connectivity index (χ0) is 16.2. The molecule has 1 saturated heterocycles. The van der Waals surface area contributed by atoms with Gasteiger partial charge >= 0.3 is 6.03 Å². The summed E-state index contributed by atoms with van der Waals surface area (Å²) >= 11 is 1.81. The molecule has 2 aliphatic rings. The van der Waals surface area contributed by atoms with Crippen LogP contribution in [-0.4, -0.2) is 48.8 Å². The number of nitrogens with one attached hydrogen (secondary N) is 1. The van der Waals surface area contributed by atoms with Crippen LogP contribution in [0.4, 0.5) is 4.79 Å². The molecule has 0 spiro atoms. The zero-order valence-corrected chi connectivity index (χ0v) is 15.0. The van der Waals surface area contributed by atoms with Crippen molar-refractivity contribution in [3.05, 3.63) is 15.6 Å². The van der Waals surface area contributed by atoms with E-state index in [0.29, 0.717) is 12.5 Å². The highest BCUT2D eigenvalue weighted by Gasteiger charge is 2.26. The molecule has 2 atom stereocenters. The van der Waals surface area contributed by atoms with E-state index in [2.05, 4.69) is 12.2 Å². The Kier molecular flexibility index (Phi) is 5.54. The average molecular weight is 337 g/mol. The summed E-state index contributed by atoms with van der Waals surface area (Å²) < 4.78 is 5.67. The summed E-state index contributed by atoms with van der Waals surface area (Å²) in [5.41, 5.74) is 1.23. The normalized spacial score (nSPS) is 24.1. The highest BCUT2D eigenvalue weighted by Crippen LogP contribution is 2.34. The molecule has 5 nitrogen and oxygen atoms in total. The molecular formula is C17H27N3O2S. The quantitative estimate of drug-likeness (QED) is 0.918. The smallest absolute Gasteiger partial charge is 0.317 e. The van der Waals surface area contributed by atoms with E-state index in [1.165, 1.54) is 23.4 Å². The Bertz CT molecular complexity index is 540. The fourth-order valence-electron chi connectivity index (χ4n) is 3.52. The summed E-state index contributed by atoms with van der Waals surface area (Å²) in [5.74, 6) is 0.380. The van der Waals surface area contributed by atoms with Crippen LogP contribution in [0.15, 0.2) is 0 Å². The molecule has 2 heterocycles. The summed E-state index contributed by atoms with van der Waals surface area (Å²) in [5, 5.41) is 4.16. The van der Waals surface area contributed by atoms with Gasteiger partial charge in [0.05, 0.1) is 16.8 Å². The van der Waals surface area contributed by atoms with Gasteiger partial charge in [0.2, 0.25) is 0 Å². The molecule has 1 aliphatic carbocycles. The highest BCUT2D eigenvalue weighted by atomic mass is 32.1. The van der Waals surface area contributed by atoms with Crippen LogP contribution in [0.2, 0.25) is 0 Å². The minimum absolute atomic E-state index is 0.00162. The number of likely N-dealkylation sites (N-methyl/N-ethyl adjacent to an activating group) is 1. The van der Waals surface area contributed by atoms with Gasteiger partial charge in [0.25, 0.3) is 0 Å². The minimum Gasteiger partial charge on any atom is -0.376 e. The molecule has 0 unspecified atom stereocenters. The monoisotopic (exact) mass is 337 g/mol. The number of ether oxygens (including phenoxy) is 1. The predicted molar refractivity (Wildman–Crippen MR) is 92.1 cm³/mol. The lowest BCUT2D eigenvalue weighted by Crippen LogP contribution is -2.43. The van der Waals surface area contributed by atoms with E-state index in [-0.39, 0.29) is 12.1 Å². The SMILES string of the molecule is Cc1nc2c(s1)CCC[C@@H]2CN(C)C(=O)NC[C@@H]1CCCCO1. The van der Waals surface area contributed by atoms with E-state index < -0.39 is 0 Å². The third-order valence-electron chi connectivity index (χ3n) is 4.77. The molecule has 0 bridgehead atoms. The predicted octanol–water partition coefficient (Wildman–Crippen LogP) is 3.08. The van der Waals surface area contributed by atoms with Crippen molar-refractivity contribution in [3.63, 3.8) is 0 Å². The highest BCUT2D eigenvalue weighted by molar-refractivity contribution is 7.11. The number of carbonyl (C=O) groups is 1. The lowest BCUT2D eigenvalue weighted by atomic mass is 9.90. The number of aromatic nitrogens is 1. The van der Waals surface area contributed by atoms with Crippen LogP contribution in [0.5, 0.6) is 0 Å². The molecule has 0 saturated carbocycles. The van der Waals surface area contributed by atoms with Gasteiger partial charge in [-0.15, -0.1) is 11.3 Å². The second-order valence-corrected chi connectivity index (χ2v) is 7.97. The second kappa shape index (κ2) is 7.62. The van der Waals surface area contributed by atoms with Crippen LogP contribution in [0, 0.1) is 6.92 Å². The van der Waals surface area contributed by atoms with Crippen LogP contribution in [0.3, 0.4) is 0 Å². The van der Waals surface area contributed by atoms with Crippen LogP contribution >= 0.6 is 11.3 Å². The van der Waals surface area contributed by atoms with E-state index in [1.807, 2.05) is 18.4 Å². The molecule has 1 N–H and O–H groups in total. The minimum atomic E-state index is -0.00162. The third-order valence-corrected chi connectivity index (χ3v) is 5.82. The molecule has 0 radical (unpaired) electrons. The Morgan fingerprint density at radius 2 is 2.26 bits per heavy atom. The van der Waals surface area contributed by atoms with Crippen molar-refractivity contribution in [3.8, 4) is 0 Å². The van der Waals surface area contributed by atoms with Gasteiger partial charge < -0.3 is 15.0 Å². The van der Waals surface area contributed by atoms with E-state index in [4.69, 9.17) is 9.72 Å². The van der Waals surface area contributed by atoms with Crippen LogP contribution in [0.1, 0.15) is 53.6 Å². The van der Waals surface area contributed by atoms with Crippen molar-refractivity contribution in [2.75, 3.05) is 26.7 Å². The number of nitrogens with zero attached hydrogens (tertiary/aromatic N) is 2. The molecule has 6 heteroatoms. The number of fused-ring (bicyclic) bond motifs is 1. The molecule has 3 rings (SSSR count). The molecule has 0 aromatic carbocycles. The first-order valence-corrected chi connectivity index (χ1v) is 9.52. The molecular weight excluding hydrogens is 310 g/mol. The number of hydrogen-bond acceptors (Lipinski definition) is 4. The van der Waals surface area contributed by atoms with Crippen molar-refractivity contribution >= 4 is 17.4 Å². The Labute approximate surface area is 142 Å². The van der Waals surface area contributed by atoms with Gasteiger partial charge in [0.15, 0.2) is 0 Å². The number of carbonyl (C=O) groups excluding carboxylic acids is 1. The Morgan fingerprint density at radius 1 is 1.39 bits per heavy atom. The number of aryl methyl sites for hydroxylation is 2. The standard InChI is InChI=1S/C17H27N3O2S/c1-12-19-16-13(6-5-8-15(16)23-12)11-20(2)17(21)18-10-14-7-3-4-9-22-14/h13-14H,3-11H2,1-2H3,(H,18,21)/t13-,14+/m1/s1. The second-order valence-electron chi connectivity index (χ2n) is 6.69. The van der Waals surface area contributed by atoms with Crippen LogP contribution in [0.25, 0.3) is 0 Å². The molecule has 2 amide bonds. The Hall–Kier alpha value is -1.14. The lowest BCUT2D eigenvalue weighted by molar-refractivity contribution is 0.0178. The summed E-state index contributed by atoms with van der Waals surface area (Å²) in [7, 11) is 1.88. The topological polar surface area (TPSA) is 54.5 Å². The van der Waals surface area contributed by atoms with Crippen molar-refractivity contribution in [2.45, 2.75) is 57.5 Å². The largest absolute Gasteiger partial charge is 0.376 e. The molecule has 23 heavy (non-hydrogen) atoms. The molecule has 1 fully saturated rings. The van der Waals surface area contributed by atoms with Crippen LogP contribution in [-0.2, 0) is 11.2 Å². The molecule has 1 aromatic heterocycles. The molecule has 1 aromatic rings. The summed E-state index contributed by atoms with van der Waals surface area (Å²) in [4.78, 5) is 20.2. The van der Waals surface area contributed by atoms with Gasteiger partial charge in [0.1, 0.15) is 0 Å². The van der Waals surface area contributed by atoms with E-state index in [0.717, 1.165) is 43.8 Å². The number of hydrogen-bond donors (Lipinski definition) is 1. The van der Waals surface area contributed by atoms with Crippen molar-refractivity contribution in [2.24, 2.45) is 0 Å². The Morgan fingerprint density at radius 3 is 3.04 bits per heavy atom. The van der Waals surface area contributed by atoms with Gasteiger partial charge in [-0.1, -0.05) is 0 Å². The van der Waals surface area contributed by atoms with Gasteiger partial charge in [-0.25, -0.2) is 9.78 Å². The molecule has 1 aliphatic heterocycles. The van der Waals surface area contributed by atoms with E-state index >= 15 is 0 Å². The maximum Gasteiger partial charge on any atom is 0.317 e. The van der Waals surface area contributed by atoms with Crippen molar-refractivity contribution in [1.29, 1.82) is 0 Å². The first kappa shape index (κ1) is 16.7. The fraction of sp³-hybridized carbons (Fsp3) is 0.765. The van der Waals surface area contributed by atoms with Gasteiger partial charge in [0, 0.05) is 37.5 Å². The zero-order valence-electron chi connectivity index (χ0n) is 14.1. The average Bonchev–Trinajstić information content (AvgIpc) is 2.95. The first-order chi connectivity index (χ1) is 11.1. The lowest BCUT2D eigenvalue weighted by Gasteiger charge is -2.28. The van der Waals surface area contributed by atoms with Gasteiger partial charge in [-0.2, -0.15) is 0 Å². The Balaban J connectivity index is 1.50. The van der Waals surface area contributed by atoms with Gasteiger partial charge in [-0.3, -0.25) is 0 Å². The number of urea groups is 1. The maximum absolute atomic E-state index is 12.3. The van der Waals surface area contributed by atoms with Crippen molar-refractivity contribution < 1.29 is 9.53 Å². The number of rotatable bonds is 4. The van der Waals surface area contributed by atoms with E-state index in [1.54, 1.807) is 4.90 Å². The first-order valence-electron chi connectivity index (χ1n) is 8.70. The third kappa shape index (κ3) is 4.23. The summed E-state index contributed by atoms with van der Waals surface area (Å²) in [6.07, 6.45) is 7.04. The number of amides is 2.